The van der Waals surface area contributed by atoms with Crippen LogP contribution in [-0.2, 0) is 24.1 Å². The van der Waals surface area contributed by atoms with E-state index in [0.29, 0.717) is 6.54 Å². The van der Waals surface area contributed by atoms with Gasteiger partial charge in [-0.1, -0.05) is 0 Å². The number of hydrogen-bond acceptors (Lipinski definition) is 4. The third-order valence-corrected chi connectivity index (χ3v) is 4.30. The fourth-order valence-corrected chi connectivity index (χ4v) is 3.45. The Balaban J connectivity index is 1.95. The summed E-state index contributed by atoms with van der Waals surface area (Å²) in [5.41, 5.74) is 9.85. The monoisotopic (exact) mass is 275 g/mol. The topological polar surface area (TPSA) is 51.4 Å². The third kappa shape index (κ3) is 2.67. The van der Waals surface area contributed by atoms with Crippen LogP contribution in [0, 0.1) is 0 Å². The molecule has 2 unspecified atom stereocenters. The van der Waals surface area contributed by atoms with E-state index >= 15 is 0 Å². The van der Waals surface area contributed by atoms with Crippen LogP contribution < -0.4 is 10.6 Å². The molecule has 2 atom stereocenters. The van der Waals surface area contributed by atoms with Crippen LogP contribution >= 0.6 is 0 Å². The largest absolute Gasteiger partial charge is 0.372 e. The second-order valence-corrected chi connectivity index (χ2v) is 6.15. The fourth-order valence-electron chi connectivity index (χ4n) is 3.45. The number of hydrogen-bond donors (Lipinski definition) is 1. The minimum absolute atomic E-state index is 0.252. The van der Waals surface area contributed by atoms with Gasteiger partial charge in [0.2, 0.25) is 0 Å². The summed E-state index contributed by atoms with van der Waals surface area (Å²) >= 11 is 0. The molecule has 0 bridgehead atoms. The molecule has 110 valence electrons. The van der Waals surface area contributed by atoms with Gasteiger partial charge in [0.05, 0.1) is 12.2 Å². The smallest absolute Gasteiger partial charge is 0.133 e. The van der Waals surface area contributed by atoms with Crippen LogP contribution in [0.25, 0.3) is 0 Å². The van der Waals surface area contributed by atoms with Gasteiger partial charge in [0.25, 0.3) is 0 Å². The number of anilines is 1. The van der Waals surface area contributed by atoms with E-state index in [0.717, 1.165) is 31.7 Å². The molecule has 1 fully saturated rings. The zero-order valence-electron chi connectivity index (χ0n) is 12.6. The van der Waals surface area contributed by atoms with Gasteiger partial charge in [0.15, 0.2) is 0 Å². The molecular formula is C16H25N3O. The normalized spacial score (nSPS) is 26.4. The molecule has 0 saturated carbocycles. The predicted octanol–water partition coefficient (Wildman–Crippen LogP) is 2.03. The number of fused-ring (bicyclic) bond motifs is 1. The van der Waals surface area contributed by atoms with E-state index < -0.39 is 0 Å². The first kappa shape index (κ1) is 13.8. The first-order valence-electron chi connectivity index (χ1n) is 7.79. The molecule has 20 heavy (non-hydrogen) atoms. The van der Waals surface area contributed by atoms with Crippen LogP contribution in [0.2, 0.25) is 0 Å². The van der Waals surface area contributed by atoms with E-state index in [-0.39, 0.29) is 12.2 Å². The number of rotatable bonds is 2. The second-order valence-electron chi connectivity index (χ2n) is 6.15. The molecule has 4 heteroatoms. The molecule has 1 aliphatic carbocycles. The van der Waals surface area contributed by atoms with Crippen molar-refractivity contribution >= 4 is 5.82 Å². The zero-order chi connectivity index (χ0) is 14.1. The summed E-state index contributed by atoms with van der Waals surface area (Å²) in [6.07, 6.45) is 5.32. The van der Waals surface area contributed by atoms with E-state index in [1.165, 1.54) is 29.7 Å². The molecule has 3 rings (SSSR count). The van der Waals surface area contributed by atoms with E-state index in [1.54, 1.807) is 0 Å². The number of nitrogens with two attached hydrogens (primary N) is 1. The Labute approximate surface area is 121 Å². The van der Waals surface area contributed by atoms with Crippen molar-refractivity contribution in [3.63, 3.8) is 0 Å². The highest BCUT2D eigenvalue weighted by Gasteiger charge is 2.26. The predicted molar refractivity (Wildman–Crippen MR) is 81.0 cm³/mol. The maximum absolute atomic E-state index is 5.96. The average molecular weight is 275 g/mol. The first-order valence-corrected chi connectivity index (χ1v) is 7.79. The molecule has 0 aromatic carbocycles. The number of aromatic nitrogens is 1. The molecule has 1 aromatic rings. The van der Waals surface area contributed by atoms with Crippen molar-refractivity contribution in [1.29, 1.82) is 0 Å². The molecule has 1 aliphatic heterocycles. The van der Waals surface area contributed by atoms with Gasteiger partial charge < -0.3 is 15.4 Å². The summed E-state index contributed by atoms with van der Waals surface area (Å²) in [5.74, 6) is 1.09. The lowest BCUT2D eigenvalue weighted by Gasteiger charge is -2.37. The van der Waals surface area contributed by atoms with Crippen molar-refractivity contribution < 1.29 is 4.74 Å². The molecule has 0 amide bonds. The van der Waals surface area contributed by atoms with Gasteiger partial charge in [-0.25, -0.2) is 4.98 Å². The number of nitrogens with zero attached hydrogens (tertiary/aromatic N) is 2. The molecular weight excluding hydrogens is 250 g/mol. The zero-order valence-corrected chi connectivity index (χ0v) is 12.6. The van der Waals surface area contributed by atoms with Gasteiger partial charge in [-0.2, -0.15) is 0 Å². The summed E-state index contributed by atoms with van der Waals surface area (Å²) in [6.45, 7) is 6.63. The lowest BCUT2D eigenvalue weighted by molar-refractivity contribution is -0.00551. The van der Waals surface area contributed by atoms with Gasteiger partial charge in [-0.05, 0) is 51.2 Å². The van der Waals surface area contributed by atoms with Crippen LogP contribution in [0.15, 0.2) is 6.07 Å². The molecule has 1 aromatic heterocycles. The van der Waals surface area contributed by atoms with Crippen LogP contribution in [0.1, 0.15) is 43.5 Å². The maximum atomic E-state index is 5.96. The van der Waals surface area contributed by atoms with E-state index in [4.69, 9.17) is 15.5 Å². The Morgan fingerprint density at radius 1 is 1.25 bits per heavy atom. The number of aryl methyl sites for hydroxylation is 2. The van der Waals surface area contributed by atoms with Crippen molar-refractivity contribution in [2.75, 3.05) is 18.0 Å². The SMILES string of the molecule is CC1CN(c2nc3c(cc2CN)CCCC3)CC(C)O1. The molecule has 1 saturated heterocycles. The van der Waals surface area contributed by atoms with E-state index in [1.807, 2.05) is 0 Å². The summed E-state index contributed by atoms with van der Waals surface area (Å²) in [4.78, 5) is 7.32. The first-order chi connectivity index (χ1) is 9.67. The van der Waals surface area contributed by atoms with Gasteiger partial charge in [-0.3, -0.25) is 0 Å². The van der Waals surface area contributed by atoms with Crippen LogP contribution in [0.5, 0.6) is 0 Å². The van der Waals surface area contributed by atoms with Gasteiger partial charge in [0, 0.05) is 30.9 Å². The molecule has 4 nitrogen and oxygen atoms in total. The molecule has 2 aliphatic rings. The molecule has 2 N–H and O–H groups in total. The highest BCUT2D eigenvalue weighted by Crippen LogP contribution is 2.28. The van der Waals surface area contributed by atoms with Gasteiger partial charge in [0.1, 0.15) is 5.82 Å². The molecule has 2 heterocycles. The highest BCUT2D eigenvalue weighted by atomic mass is 16.5. The Kier molecular flexibility index (Phi) is 3.94. The lowest BCUT2D eigenvalue weighted by Crippen LogP contribution is -2.46. The number of morpholine rings is 1. The standard InChI is InChI=1S/C16H25N3O/c1-11-9-19(10-12(2)20-11)16-14(8-17)7-13-5-3-4-6-15(13)18-16/h7,11-12H,3-6,8-10,17H2,1-2H3. The van der Waals surface area contributed by atoms with Crippen molar-refractivity contribution in [3.8, 4) is 0 Å². The Morgan fingerprint density at radius 3 is 2.65 bits per heavy atom. The minimum atomic E-state index is 0.252. The van der Waals surface area contributed by atoms with Gasteiger partial charge in [-0.15, -0.1) is 0 Å². The van der Waals surface area contributed by atoms with Crippen LogP contribution in [0.4, 0.5) is 5.82 Å². The molecule has 0 spiro atoms. The van der Waals surface area contributed by atoms with E-state index in [2.05, 4.69) is 24.8 Å². The lowest BCUT2D eigenvalue weighted by atomic mass is 9.94. The van der Waals surface area contributed by atoms with Crippen LogP contribution in [-0.4, -0.2) is 30.3 Å². The van der Waals surface area contributed by atoms with E-state index in [9.17, 15) is 0 Å². The van der Waals surface area contributed by atoms with Crippen molar-refractivity contribution in [2.24, 2.45) is 5.73 Å². The highest BCUT2D eigenvalue weighted by molar-refractivity contribution is 5.51. The third-order valence-electron chi connectivity index (χ3n) is 4.30. The fraction of sp³-hybridized carbons (Fsp3) is 0.688. The summed E-state index contributed by atoms with van der Waals surface area (Å²) < 4.78 is 5.82. The maximum Gasteiger partial charge on any atom is 0.133 e. The Hall–Kier alpha value is -1.13. The summed E-state index contributed by atoms with van der Waals surface area (Å²) in [5, 5.41) is 0. The van der Waals surface area contributed by atoms with Crippen molar-refractivity contribution in [2.45, 2.75) is 58.3 Å². The minimum Gasteiger partial charge on any atom is -0.372 e. The summed E-state index contributed by atoms with van der Waals surface area (Å²) in [6, 6.07) is 2.29. The molecule has 0 radical (unpaired) electrons. The summed E-state index contributed by atoms with van der Waals surface area (Å²) in [7, 11) is 0. The number of pyridine rings is 1. The van der Waals surface area contributed by atoms with Crippen molar-refractivity contribution in [3.05, 3.63) is 22.9 Å². The average Bonchev–Trinajstić information content (AvgIpc) is 2.44. The van der Waals surface area contributed by atoms with Gasteiger partial charge >= 0.3 is 0 Å². The Morgan fingerprint density at radius 2 is 1.95 bits per heavy atom. The quantitative estimate of drug-likeness (QED) is 0.897. The Bertz CT molecular complexity index is 479. The van der Waals surface area contributed by atoms with Crippen molar-refractivity contribution in [1.82, 2.24) is 4.98 Å². The second kappa shape index (κ2) is 5.70. The van der Waals surface area contributed by atoms with Crippen LogP contribution in [0.3, 0.4) is 0 Å². The number of ether oxygens (including phenoxy) is 1.